The molecule has 0 aliphatic rings. The summed E-state index contributed by atoms with van der Waals surface area (Å²) in [5, 5.41) is 0. The maximum absolute atomic E-state index is 12.5. The minimum absolute atomic E-state index is 0.0237. The molecule has 0 spiro atoms. The highest BCUT2D eigenvalue weighted by Gasteiger charge is 2.24. The second kappa shape index (κ2) is 6.74. The first-order chi connectivity index (χ1) is 5.95. The Bertz CT molecular complexity index is 121. The average Bonchev–Trinajstić information content (AvgIpc) is 1.94. The number of hydrogen-bond donors (Lipinski definition) is 0. The zero-order chi connectivity index (χ0) is 10.3. The first-order valence-electron chi connectivity index (χ1n) is 4.97. The summed E-state index contributed by atoms with van der Waals surface area (Å²) < 4.78 is 25.0. The van der Waals surface area contributed by atoms with E-state index in [4.69, 9.17) is 0 Å². The summed E-state index contributed by atoms with van der Waals surface area (Å²) in [5.41, 5.74) is 0. The quantitative estimate of drug-likeness (QED) is 0.455. The van der Waals surface area contributed by atoms with Crippen molar-refractivity contribution in [2.24, 2.45) is 0 Å². The highest BCUT2D eigenvalue weighted by atomic mass is 79.9. The third kappa shape index (κ3) is 10.3. The van der Waals surface area contributed by atoms with E-state index < -0.39 is 5.92 Å². The first kappa shape index (κ1) is 13.3. The highest BCUT2D eigenvalue weighted by molar-refractivity contribution is 9.09. The third-order valence-corrected chi connectivity index (χ3v) is 2.73. The minimum Gasteiger partial charge on any atom is -0.207 e. The molecule has 0 aliphatic heterocycles. The van der Waals surface area contributed by atoms with Crippen molar-refractivity contribution in [1.82, 2.24) is 0 Å². The van der Waals surface area contributed by atoms with Gasteiger partial charge in [-0.25, -0.2) is 8.78 Å². The molecule has 13 heavy (non-hydrogen) atoms. The summed E-state index contributed by atoms with van der Waals surface area (Å²) >= 11 is 3.29. The van der Waals surface area contributed by atoms with Gasteiger partial charge >= 0.3 is 0 Å². The van der Waals surface area contributed by atoms with E-state index in [0.717, 1.165) is 26.2 Å². The molecule has 0 nitrogen and oxygen atoms in total. The molecule has 0 aromatic heterocycles. The number of alkyl halides is 3. The predicted octanol–water partition coefficient (Wildman–Crippen LogP) is 4.77. The molecule has 0 N–H and O–H groups in total. The highest BCUT2D eigenvalue weighted by Crippen LogP contribution is 2.26. The summed E-state index contributed by atoms with van der Waals surface area (Å²) in [6, 6.07) is 0. The second-order valence-electron chi connectivity index (χ2n) is 3.72. The summed E-state index contributed by atoms with van der Waals surface area (Å²) in [6.45, 7) is 3.12. The molecule has 0 amide bonds. The standard InChI is InChI=1S/C10H19BrF2/c1-3-4-5-6-7-9(11)8-10(2,12)13/h9H,3-8H2,1-2H3. The predicted molar refractivity (Wildman–Crippen MR) is 56.7 cm³/mol. The Balaban J connectivity index is 3.35. The van der Waals surface area contributed by atoms with E-state index >= 15 is 0 Å². The monoisotopic (exact) mass is 256 g/mol. The van der Waals surface area contributed by atoms with Gasteiger partial charge in [-0.15, -0.1) is 0 Å². The van der Waals surface area contributed by atoms with E-state index in [1.54, 1.807) is 0 Å². The zero-order valence-electron chi connectivity index (χ0n) is 8.45. The van der Waals surface area contributed by atoms with Crippen LogP contribution in [-0.2, 0) is 0 Å². The molecule has 0 radical (unpaired) electrons. The molecular formula is C10H19BrF2. The van der Waals surface area contributed by atoms with Gasteiger partial charge in [0, 0.05) is 11.2 Å². The first-order valence-corrected chi connectivity index (χ1v) is 5.89. The van der Waals surface area contributed by atoms with Gasteiger partial charge in [-0.3, -0.25) is 0 Å². The fraction of sp³-hybridized carbons (Fsp3) is 1.00. The average molecular weight is 257 g/mol. The van der Waals surface area contributed by atoms with E-state index in [1.807, 2.05) is 0 Å². The van der Waals surface area contributed by atoms with Crippen LogP contribution >= 0.6 is 15.9 Å². The van der Waals surface area contributed by atoms with Crippen molar-refractivity contribution in [2.45, 2.75) is 63.1 Å². The Morgan fingerprint density at radius 1 is 1.23 bits per heavy atom. The van der Waals surface area contributed by atoms with Crippen LogP contribution in [0.3, 0.4) is 0 Å². The van der Waals surface area contributed by atoms with Crippen LogP contribution < -0.4 is 0 Å². The molecule has 80 valence electrons. The lowest BCUT2D eigenvalue weighted by Crippen LogP contribution is -2.16. The van der Waals surface area contributed by atoms with Crippen molar-refractivity contribution >= 4 is 15.9 Å². The van der Waals surface area contributed by atoms with Crippen LogP contribution in [-0.4, -0.2) is 10.7 Å². The fourth-order valence-electron chi connectivity index (χ4n) is 1.28. The number of unbranched alkanes of at least 4 members (excludes halogenated alkanes) is 3. The van der Waals surface area contributed by atoms with Gasteiger partial charge in [-0.2, -0.15) is 0 Å². The molecule has 0 aromatic carbocycles. The summed E-state index contributed by atoms with van der Waals surface area (Å²) in [7, 11) is 0. The normalized spacial score (nSPS) is 14.5. The van der Waals surface area contributed by atoms with Crippen LogP contribution in [0, 0.1) is 0 Å². The van der Waals surface area contributed by atoms with Crippen molar-refractivity contribution in [3.8, 4) is 0 Å². The Kier molecular flexibility index (Phi) is 6.92. The SMILES string of the molecule is CCCCCCC(Br)CC(C)(F)F. The topological polar surface area (TPSA) is 0 Å². The van der Waals surface area contributed by atoms with Crippen molar-refractivity contribution in [1.29, 1.82) is 0 Å². The summed E-state index contributed by atoms with van der Waals surface area (Å²) in [5.74, 6) is -2.53. The molecule has 3 heteroatoms. The van der Waals surface area contributed by atoms with E-state index in [-0.39, 0.29) is 11.2 Å². The van der Waals surface area contributed by atoms with E-state index in [9.17, 15) is 8.78 Å². The van der Waals surface area contributed by atoms with Crippen LogP contribution in [0.15, 0.2) is 0 Å². The van der Waals surface area contributed by atoms with Gasteiger partial charge in [-0.05, 0) is 13.3 Å². The summed E-state index contributed by atoms with van der Waals surface area (Å²) in [6.07, 6.45) is 5.44. The molecule has 0 heterocycles. The second-order valence-corrected chi connectivity index (χ2v) is 5.02. The number of halogens is 3. The van der Waals surface area contributed by atoms with Gasteiger partial charge in [0.05, 0.1) is 0 Å². The molecule has 0 saturated heterocycles. The molecule has 0 saturated carbocycles. The van der Waals surface area contributed by atoms with Gasteiger partial charge in [0.15, 0.2) is 0 Å². The molecule has 0 fully saturated rings. The molecule has 0 rings (SSSR count). The van der Waals surface area contributed by atoms with E-state index in [2.05, 4.69) is 22.9 Å². The van der Waals surface area contributed by atoms with Crippen LogP contribution in [0.5, 0.6) is 0 Å². The van der Waals surface area contributed by atoms with Crippen molar-refractivity contribution < 1.29 is 8.78 Å². The summed E-state index contributed by atoms with van der Waals surface area (Å²) in [4.78, 5) is -0.0237. The Hall–Kier alpha value is 0.340. The van der Waals surface area contributed by atoms with Gasteiger partial charge < -0.3 is 0 Å². The van der Waals surface area contributed by atoms with Crippen LogP contribution in [0.25, 0.3) is 0 Å². The smallest absolute Gasteiger partial charge is 0.207 e. The Labute approximate surface area is 88.2 Å². The Morgan fingerprint density at radius 2 is 1.85 bits per heavy atom. The molecule has 1 unspecified atom stereocenters. The van der Waals surface area contributed by atoms with Crippen molar-refractivity contribution in [3.05, 3.63) is 0 Å². The van der Waals surface area contributed by atoms with Crippen LogP contribution in [0.2, 0.25) is 0 Å². The third-order valence-electron chi connectivity index (χ3n) is 1.95. The number of rotatable bonds is 7. The molecular weight excluding hydrogens is 238 g/mol. The van der Waals surface area contributed by atoms with Crippen molar-refractivity contribution in [2.75, 3.05) is 0 Å². The largest absolute Gasteiger partial charge is 0.246 e. The lowest BCUT2D eigenvalue weighted by Gasteiger charge is -2.14. The van der Waals surface area contributed by atoms with Gasteiger partial charge in [-0.1, -0.05) is 48.5 Å². The zero-order valence-corrected chi connectivity index (χ0v) is 10.0. The Morgan fingerprint density at radius 3 is 2.31 bits per heavy atom. The molecule has 0 aromatic rings. The van der Waals surface area contributed by atoms with Crippen molar-refractivity contribution in [3.63, 3.8) is 0 Å². The van der Waals surface area contributed by atoms with E-state index in [0.29, 0.717) is 0 Å². The molecule has 0 aliphatic carbocycles. The van der Waals surface area contributed by atoms with Gasteiger partial charge in [0.25, 0.3) is 0 Å². The lowest BCUT2D eigenvalue weighted by molar-refractivity contribution is 0.0126. The maximum atomic E-state index is 12.5. The maximum Gasteiger partial charge on any atom is 0.246 e. The fourth-order valence-corrected chi connectivity index (χ4v) is 2.18. The lowest BCUT2D eigenvalue weighted by atomic mass is 10.1. The van der Waals surface area contributed by atoms with Crippen LogP contribution in [0.1, 0.15) is 52.4 Å². The van der Waals surface area contributed by atoms with Crippen LogP contribution in [0.4, 0.5) is 8.78 Å². The number of hydrogen-bond acceptors (Lipinski definition) is 0. The van der Waals surface area contributed by atoms with Gasteiger partial charge in [0.2, 0.25) is 5.92 Å². The minimum atomic E-state index is -2.53. The van der Waals surface area contributed by atoms with Gasteiger partial charge in [0.1, 0.15) is 0 Å². The molecule has 0 bridgehead atoms. The van der Waals surface area contributed by atoms with E-state index in [1.165, 1.54) is 12.8 Å². The molecule has 1 atom stereocenters.